The van der Waals surface area contributed by atoms with Crippen molar-refractivity contribution in [2.24, 2.45) is 0 Å². The number of carbonyl (C=O) groups excluding carboxylic acids is 1. The van der Waals surface area contributed by atoms with Crippen molar-refractivity contribution in [3.05, 3.63) is 64.9 Å². The summed E-state index contributed by atoms with van der Waals surface area (Å²) in [5.41, 5.74) is 2.11. The van der Waals surface area contributed by atoms with E-state index in [1.165, 1.54) is 5.56 Å². The van der Waals surface area contributed by atoms with E-state index in [0.29, 0.717) is 18.0 Å². The van der Waals surface area contributed by atoms with Crippen LogP contribution in [0.5, 0.6) is 0 Å². The van der Waals surface area contributed by atoms with Crippen LogP contribution >= 0.6 is 11.6 Å². The Morgan fingerprint density at radius 1 is 1.22 bits per heavy atom. The Kier molecular flexibility index (Phi) is 6.17. The van der Waals surface area contributed by atoms with E-state index in [-0.39, 0.29) is 11.3 Å². The van der Waals surface area contributed by atoms with Crippen LogP contribution in [0, 0.1) is 0 Å². The highest BCUT2D eigenvalue weighted by atomic mass is 35.5. The molecule has 2 aromatic rings. The molecule has 0 atom stereocenters. The van der Waals surface area contributed by atoms with Crippen LogP contribution in [-0.2, 0) is 16.6 Å². The minimum atomic E-state index is -0.210. The fraction of sp³-hybridized carbons (Fsp3) is 0.368. The average Bonchev–Trinajstić information content (AvgIpc) is 2.52. The first-order chi connectivity index (χ1) is 11.0. The van der Waals surface area contributed by atoms with Gasteiger partial charge in [-0.3, -0.25) is 9.78 Å². The Labute approximate surface area is 143 Å². The molecular weight excluding hydrogens is 308 g/mol. The van der Waals surface area contributed by atoms with E-state index >= 15 is 0 Å². The average molecular weight is 331 g/mol. The molecule has 0 fully saturated rings. The molecule has 4 heteroatoms. The van der Waals surface area contributed by atoms with Crippen LogP contribution in [0.3, 0.4) is 0 Å². The summed E-state index contributed by atoms with van der Waals surface area (Å²) in [5.74, 6) is 0.0798. The fourth-order valence-electron chi connectivity index (χ4n) is 2.53. The van der Waals surface area contributed by atoms with Crippen LogP contribution in [0.1, 0.15) is 37.8 Å². The van der Waals surface area contributed by atoms with Gasteiger partial charge in [0.15, 0.2) is 0 Å². The first kappa shape index (κ1) is 17.5. The molecule has 1 N–H and O–H groups in total. The van der Waals surface area contributed by atoms with Crippen molar-refractivity contribution in [3.8, 4) is 0 Å². The zero-order valence-electron chi connectivity index (χ0n) is 13.7. The van der Waals surface area contributed by atoms with Crippen molar-refractivity contribution in [2.45, 2.75) is 38.5 Å². The summed E-state index contributed by atoms with van der Waals surface area (Å²) in [6, 6.07) is 11.7. The van der Waals surface area contributed by atoms with Gasteiger partial charge in [0.25, 0.3) is 0 Å². The first-order valence-electron chi connectivity index (χ1n) is 7.89. The molecule has 0 radical (unpaired) electrons. The molecular formula is C19H23ClN2O. The summed E-state index contributed by atoms with van der Waals surface area (Å²) in [5, 5.41) is 3.72. The van der Waals surface area contributed by atoms with Crippen LogP contribution in [-0.4, -0.2) is 17.4 Å². The molecule has 0 aliphatic heterocycles. The molecule has 0 saturated carbocycles. The van der Waals surface area contributed by atoms with E-state index in [2.05, 4.69) is 30.2 Å². The third-order valence-corrected chi connectivity index (χ3v) is 4.17. The molecule has 0 spiro atoms. The lowest BCUT2D eigenvalue weighted by Gasteiger charge is -2.24. The molecule has 122 valence electrons. The number of carbonyl (C=O) groups is 1. The molecule has 3 nitrogen and oxygen atoms in total. The van der Waals surface area contributed by atoms with Crippen molar-refractivity contribution < 1.29 is 4.79 Å². The van der Waals surface area contributed by atoms with Crippen LogP contribution < -0.4 is 5.32 Å². The number of nitrogens with one attached hydrogen (secondary N) is 1. The second kappa shape index (κ2) is 8.11. The van der Waals surface area contributed by atoms with Crippen molar-refractivity contribution in [2.75, 3.05) is 6.54 Å². The van der Waals surface area contributed by atoms with Gasteiger partial charge in [0.2, 0.25) is 5.91 Å². The number of amides is 1. The van der Waals surface area contributed by atoms with E-state index < -0.39 is 0 Å². The number of aromatic nitrogens is 1. The van der Waals surface area contributed by atoms with Crippen molar-refractivity contribution in [1.82, 2.24) is 10.3 Å². The van der Waals surface area contributed by atoms with Gasteiger partial charge in [-0.1, -0.05) is 43.6 Å². The fourth-order valence-corrected chi connectivity index (χ4v) is 2.66. The number of hydrogen-bond donors (Lipinski definition) is 1. The first-order valence-corrected chi connectivity index (χ1v) is 8.27. The lowest BCUT2D eigenvalue weighted by molar-refractivity contribution is -0.122. The maximum absolute atomic E-state index is 12.2. The highest BCUT2D eigenvalue weighted by Crippen LogP contribution is 2.27. The summed E-state index contributed by atoms with van der Waals surface area (Å²) in [4.78, 5) is 16.3. The predicted octanol–water partition coefficient (Wildman–Crippen LogP) is 4.15. The standard InChI is InChI=1S/C19H23ClN2O/c1-19(2,16-7-9-17(20)10-8-16)13-18(23)22-12-4-6-15-5-3-11-21-14-15/h3,5,7-11,14H,4,6,12-13H2,1-2H3,(H,22,23). The summed E-state index contributed by atoms with van der Waals surface area (Å²) in [6.45, 7) is 4.83. The second-order valence-corrected chi connectivity index (χ2v) is 6.82. The molecule has 2 rings (SSSR count). The smallest absolute Gasteiger partial charge is 0.220 e. The SMILES string of the molecule is CC(C)(CC(=O)NCCCc1cccnc1)c1ccc(Cl)cc1. The summed E-state index contributed by atoms with van der Waals surface area (Å²) < 4.78 is 0. The monoisotopic (exact) mass is 330 g/mol. The molecule has 0 saturated heterocycles. The van der Waals surface area contributed by atoms with E-state index in [0.717, 1.165) is 18.4 Å². The molecule has 1 aromatic carbocycles. The van der Waals surface area contributed by atoms with Gasteiger partial charge in [-0.25, -0.2) is 0 Å². The van der Waals surface area contributed by atoms with Gasteiger partial charge >= 0.3 is 0 Å². The Morgan fingerprint density at radius 3 is 2.61 bits per heavy atom. The predicted molar refractivity (Wildman–Crippen MR) is 94.7 cm³/mol. The van der Waals surface area contributed by atoms with E-state index in [1.807, 2.05) is 36.5 Å². The Balaban J connectivity index is 1.76. The maximum Gasteiger partial charge on any atom is 0.220 e. The lowest BCUT2D eigenvalue weighted by atomic mass is 9.81. The van der Waals surface area contributed by atoms with Crippen LogP contribution in [0.15, 0.2) is 48.8 Å². The van der Waals surface area contributed by atoms with Gasteiger partial charge < -0.3 is 5.32 Å². The van der Waals surface area contributed by atoms with Crippen molar-refractivity contribution in [3.63, 3.8) is 0 Å². The highest BCUT2D eigenvalue weighted by Gasteiger charge is 2.23. The van der Waals surface area contributed by atoms with Crippen LogP contribution in [0.2, 0.25) is 5.02 Å². The Hall–Kier alpha value is -1.87. The Bertz CT molecular complexity index is 624. The van der Waals surface area contributed by atoms with Gasteiger partial charge in [0.1, 0.15) is 0 Å². The van der Waals surface area contributed by atoms with Crippen molar-refractivity contribution >= 4 is 17.5 Å². The normalized spacial score (nSPS) is 11.3. The van der Waals surface area contributed by atoms with Gasteiger partial charge in [0, 0.05) is 30.4 Å². The Morgan fingerprint density at radius 2 is 1.96 bits per heavy atom. The molecule has 0 aliphatic carbocycles. The van der Waals surface area contributed by atoms with E-state index in [9.17, 15) is 4.79 Å². The minimum absolute atomic E-state index is 0.0798. The second-order valence-electron chi connectivity index (χ2n) is 6.38. The highest BCUT2D eigenvalue weighted by molar-refractivity contribution is 6.30. The van der Waals surface area contributed by atoms with Crippen molar-refractivity contribution in [1.29, 1.82) is 0 Å². The van der Waals surface area contributed by atoms with Gasteiger partial charge in [-0.2, -0.15) is 0 Å². The van der Waals surface area contributed by atoms with E-state index in [1.54, 1.807) is 6.20 Å². The summed E-state index contributed by atoms with van der Waals surface area (Å²) >= 11 is 5.92. The van der Waals surface area contributed by atoms with Gasteiger partial charge in [-0.15, -0.1) is 0 Å². The maximum atomic E-state index is 12.2. The van der Waals surface area contributed by atoms with Crippen LogP contribution in [0.25, 0.3) is 0 Å². The minimum Gasteiger partial charge on any atom is -0.356 e. The third kappa shape index (κ3) is 5.68. The topological polar surface area (TPSA) is 42.0 Å². The number of benzene rings is 1. The summed E-state index contributed by atoms with van der Waals surface area (Å²) in [6.07, 6.45) is 5.94. The molecule has 0 unspecified atom stereocenters. The number of aryl methyl sites for hydroxylation is 1. The molecule has 1 amide bonds. The lowest BCUT2D eigenvalue weighted by Crippen LogP contribution is -2.31. The quantitative estimate of drug-likeness (QED) is 0.775. The zero-order chi connectivity index (χ0) is 16.7. The molecule has 23 heavy (non-hydrogen) atoms. The van der Waals surface area contributed by atoms with Gasteiger partial charge in [0.05, 0.1) is 0 Å². The molecule has 0 bridgehead atoms. The largest absolute Gasteiger partial charge is 0.356 e. The molecule has 1 aromatic heterocycles. The third-order valence-electron chi connectivity index (χ3n) is 3.92. The van der Waals surface area contributed by atoms with Crippen LogP contribution in [0.4, 0.5) is 0 Å². The van der Waals surface area contributed by atoms with Gasteiger partial charge in [-0.05, 0) is 47.6 Å². The number of nitrogens with zero attached hydrogens (tertiary/aromatic N) is 1. The van der Waals surface area contributed by atoms with E-state index in [4.69, 9.17) is 11.6 Å². The number of rotatable bonds is 7. The molecule has 1 heterocycles. The molecule has 0 aliphatic rings. The number of hydrogen-bond acceptors (Lipinski definition) is 2. The zero-order valence-corrected chi connectivity index (χ0v) is 14.4. The number of pyridine rings is 1. The number of halogens is 1. The summed E-state index contributed by atoms with van der Waals surface area (Å²) in [7, 11) is 0.